The number of thioether (sulfide) groups is 1. The summed E-state index contributed by atoms with van der Waals surface area (Å²) in [4.78, 5) is 14.5. The van der Waals surface area contributed by atoms with Crippen LogP contribution in [0.5, 0.6) is 0 Å². The maximum atomic E-state index is 10.3. The summed E-state index contributed by atoms with van der Waals surface area (Å²) in [5.74, 6) is -0.750. The highest BCUT2D eigenvalue weighted by Gasteiger charge is 2.14. The van der Waals surface area contributed by atoms with Gasteiger partial charge in [0.15, 0.2) is 5.17 Å². The van der Waals surface area contributed by atoms with Gasteiger partial charge in [-0.25, -0.2) is 10.0 Å². The van der Waals surface area contributed by atoms with Crippen LogP contribution in [0.4, 0.5) is 0 Å². The molecule has 0 amide bonds. The minimum absolute atomic E-state index is 0.0629. The van der Waals surface area contributed by atoms with Gasteiger partial charge in [0.05, 0.1) is 5.75 Å². The quantitative estimate of drug-likeness (QED) is 0.711. The number of carboxylic acid groups (broad SMARTS) is 1. The second-order valence-electron chi connectivity index (χ2n) is 3.02. The molecule has 1 heterocycles. The summed E-state index contributed by atoms with van der Waals surface area (Å²) in [5, 5.41) is 11.2. The first-order chi connectivity index (χ1) is 6.72. The van der Waals surface area contributed by atoms with E-state index in [4.69, 9.17) is 5.11 Å². The highest BCUT2D eigenvalue weighted by molar-refractivity contribution is 8.14. The lowest BCUT2D eigenvalue weighted by molar-refractivity contribution is -0.133. The zero-order valence-electron chi connectivity index (χ0n) is 8.19. The molecule has 0 bridgehead atoms. The van der Waals surface area contributed by atoms with Crippen LogP contribution in [0.1, 0.15) is 19.8 Å². The van der Waals surface area contributed by atoms with Gasteiger partial charge in [-0.3, -0.25) is 10.2 Å². The molecule has 2 N–H and O–H groups in total. The predicted molar refractivity (Wildman–Crippen MR) is 57.1 cm³/mol. The average Bonchev–Trinajstić information content (AvgIpc) is 2.59. The van der Waals surface area contributed by atoms with Gasteiger partial charge in [0, 0.05) is 6.54 Å². The zero-order chi connectivity index (χ0) is 10.4. The number of unbranched alkanes of at least 4 members (excludes halogenated alkanes) is 1. The Labute approximate surface area is 87.5 Å². The topological polar surface area (TPSA) is 64.9 Å². The molecule has 6 heteroatoms. The molecule has 1 aliphatic rings. The molecule has 80 valence electrons. The normalized spacial score (nSPS) is 16.5. The maximum absolute atomic E-state index is 10.3. The van der Waals surface area contributed by atoms with E-state index in [1.54, 1.807) is 0 Å². The van der Waals surface area contributed by atoms with Crippen molar-refractivity contribution in [1.29, 1.82) is 0 Å². The molecule has 0 spiro atoms. The monoisotopic (exact) mass is 217 g/mol. The minimum atomic E-state index is -0.813. The van der Waals surface area contributed by atoms with Gasteiger partial charge in [0.1, 0.15) is 6.67 Å². The third-order valence-electron chi connectivity index (χ3n) is 1.75. The minimum Gasteiger partial charge on any atom is -0.481 e. The molecular weight excluding hydrogens is 202 g/mol. The predicted octanol–water partition coefficient (Wildman–Crippen LogP) is 0.738. The molecular formula is C8H15N3O2S. The molecule has 0 aromatic rings. The van der Waals surface area contributed by atoms with E-state index in [2.05, 4.69) is 17.3 Å². The number of hydrogen-bond donors (Lipinski definition) is 2. The molecule has 5 nitrogen and oxygen atoms in total. The molecule has 0 aromatic carbocycles. The van der Waals surface area contributed by atoms with Crippen molar-refractivity contribution in [3.05, 3.63) is 0 Å². The summed E-state index contributed by atoms with van der Waals surface area (Å²) in [7, 11) is 0. The summed E-state index contributed by atoms with van der Waals surface area (Å²) >= 11 is 1.23. The Kier molecular flexibility index (Phi) is 4.75. The summed E-state index contributed by atoms with van der Waals surface area (Å²) in [5.41, 5.74) is 3.06. The highest BCUT2D eigenvalue weighted by Crippen LogP contribution is 2.08. The summed E-state index contributed by atoms with van der Waals surface area (Å²) in [6, 6.07) is 0. The molecule has 0 saturated heterocycles. The van der Waals surface area contributed by atoms with Crippen molar-refractivity contribution in [2.45, 2.75) is 19.8 Å². The van der Waals surface area contributed by atoms with Crippen LogP contribution in [-0.4, -0.2) is 40.2 Å². The number of carbonyl (C=O) groups is 1. The average molecular weight is 217 g/mol. The second-order valence-corrected chi connectivity index (χ2v) is 3.98. The van der Waals surface area contributed by atoms with E-state index < -0.39 is 5.97 Å². The third kappa shape index (κ3) is 3.97. The van der Waals surface area contributed by atoms with Crippen LogP contribution < -0.4 is 5.43 Å². The van der Waals surface area contributed by atoms with Crippen LogP contribution >= 0.6 is 11.8 Å². The van der Waals surface area contributed by atoms with E-state index in [0.717, 1.165) is 19.4 Å². The Morgan fingerprint density at radius 3 is 3.21 bits per heavy atom. The third-order valence-corrected chi connectivity index (χ3v) is 2.64. The number of amidine groups is 1. The molecule has 0 aliphatic carbocycles. The van der Waals surface area contributed by atoms with Crippen LogP contribution in [0.2, 0.25) is 0 Å². The Hall–Kier alpha value is -0.750. The van der Waals surface area contributed by atoms with E-state index in [0.29, 0.717) is 11.8 Å². The number of aliphatic carboxylic acids is 1. The van der Waals surface area contributed by atoms with E-state index in [9.17, 15) is 4.79 Å². The van der Waals surface area contributed by atoms with E-state index in [1.807, 2.05) is 5.01 Å². The Morgan fingerprint density at radius 1 is 1.79 bits per heavy atom. The number of carboxylic acids is 1. The first-order valence-electron chi connectivity index (χ1n) is 4.63. The van der Waals surface area contributed by atoms with Gasteiger partial charge >= 0.3 is 5.97 Å². The smallest absolute Gasteiger partial charge is 0.313 e. The molecule has 1 rings (SSSR count). The number of hydrogen-bond acceptors (Lipinski definition) is 5. The Bertz CT molecular complexity index is 233. The first-order valence-corrected chi connectivity index (χ1v) is 5.61. The van der Waals surface area contributed by atoms with Crippen molar-refractivity contribution in [1.82, 2.24) is 10.4 Å². The molecule has 0 atom stereocenters. The lowest BCUT2D eigenvalue weighted by atomic mass is 10.3. The summed E-state index contributed by atoms with van der Waals surface area (Å²) < 4.78 is 0. The number of hydrazine groups is 1. The second kappa shape index (κ2) is 5.87. The fourth-order valence-electron chi connectivity index (χ4n) is 1.04. The fourth-order valence-corrected chi connectivity index (χ4v) is 1.64. The van der Waals surface area contributed by atoms with Crippen molar-refractivity contribution in [3.63, 3.8) is 0 Å². The molecule has 0 saturated carbocycles. The van der Waals surface area contributed by atoms with Gasteiger partial charge in [-0.2, -0.15) is 0 Å². The van der Waals surface area contributed by atoms with Crippen molar-refractivity contribution in [3.8, 4) is 0 Å². The largest absolute Gasteiger partial charge is 0.481 e. The number of nitrogens with zero attached hydrogens (tertiary/aromatic N) is 2. The van der Waals surface area contributed by atoms with Crippen molar-refractivity contribution in [2.75, 3.05) is 19.0 Å². The van der Waals surface area contributed by atoms with Gasteiger partial charge in [-0.15, -0.1) is 0 Å². The van der Waals surface area contributed by atoms with Crippen LogP contribution in [0, 0.1) is 0 Å². The lowest BCUT2D eigenvalue weighted by Crippen LogP contribution is -2.35. The first kappa shape index (κ1) is 11.3. The van der Waals surface area contributed by atoms with Crippen LogP contribution in [0.15, 0.2) is 4.99 Å². The molecule has 0 fully saturated rings. The van der Waals surface area contributed by atoms with Crippen LogP contribution in [-0.2, 0) is 4.79 Å². The zero-order valence-corrected chi connectivity index (χ0v) is 9.01. The number of aliphatic imine (C=N–C) groups is 1. The van der Waals surface area contributed by atoms with Crippen LogP contribution in [0.3, 0.4) is 0 Å². The standard InChI is InChI=1S/C8H15N3O2S/c1-2-3-4-11-6-9-8(10-11)14-5-7(12)13/h2-6H2,1H3,(H,9,10)(H,12,13). The van der Waals surface area contributed by atoms with E-state index in [1.165, 1.54) is 11.8 Å². The van der Waals surface area contributed by atoms with Crippen molar-refractivity contribution < 1.29 is 9.90 Å². The van der Waals surface area contributed by atoms with Crippen molar-refractivity contribution >= 4 is 22.9 Å². The molecule has 1 aliphatic heterocycles. The van der Waals surface area contributed by atoms with Crippen molar-refractivity contribution in [2.24, 2.45) is 4.99 Å². The summed E-state index contributed by atoms with van der Waals surface area (Å²) in [6.45, 7) is 3.72. The van der Waals surface area contributed by atoms with Gasteiger partial charge < -0.3 is 5.11 Å². The van der Waals surface area contributed by atoms with Gasteiger partial charge in [-0.05, 0) is 6.42 Å². The lowest BCUT2D eigenvalue weighted by Gasteiger charge is -2.14. The maximum Gasteiger partial charge on any atom is 0.313 e. The molecule has 0 aromatic heterocycles. The molecule has 0 radical (unpaired) electrons. The highest BCUT2D eigenvalue weighted by atomic mass is 32.2. The fraction of sp³-hybridized carbons (Fsp3) is 0.750. The van der Waals surface area contributed by atoms with Gasteiger partial charge in [-0.1, -0.05) is 25.1 Å². The molecule has 0 unspecified atom stereocenters. The Balaban J connectivity index is 2.15. The number of nitrogens with one attached hydrogen (secondary N) is 1. The Morgan fingerprint density at radius 2 is 2.57 bits per heavy atom. The summed E-state index contributed by atoms with van der Waals surface area (Å²) in [6.07, 6.45) is 2.27. The van der Waals surface area contributed by atoms with E-state index in [-0.39, 0.29) is 5.75 Å². The van der Waals surface area contributed by atoms with Gasteiger partial charge in [0.25, 0.3) is 0 Å². The van der Waals surface area contributed by atoms with E-state index >= 15 is 0 Å². The number of rotatable bonds is 5. The van der Waals surface area contributed by atoms with Gasteiger partial charge in [0.2, 0.25) is 0 Å². The van der Waals surface area contributed by atoms with Crippen LogP contribution in [0.25, 0.3) is 0 Å². The SMILES string of the molecule is CCCCN1CN=C(SCC(=O)O)N1. The molecule has 14 heavy (non-hydrogen) atoms.